The van der Waals surface area contributed by atoms with Gasteiger partial charge in [0.05, 0.1) is 18.3 Å². The highest BCUT2D eigenvalue weighted by molar-refractivity contribution is 5.94. The van der Waals surface area contributed by atoms with Crippen LogP contribution in [0.1, 0.15) is 45.7 Å². The summed E-state index contributed by atoms with van der Waals surface area (Å²) in [5.74, 6) is 0.0204. The van der Waals surface area contributed by atoms with Crippen molar-refractivity contribution in [1.29, 1.82) is 0 Å². The smallest absolute Gasteiger partial charge is 0.254 e. The van der Waals surface area contributed by atoms with E-state index in [2.05, 4.69) is 23.1 Å². The van der Waals surface area contributed by atoms with Gasteiger partial charge in [0.1, 0.15) is 0 Å². The number of nitrogens with zero attached hydrogens (tertiary/aromatic N) is 4. The number of hydrogen-bond acceptors (Lipinski definition) is 4. The Morgan fingerprint density at radius 3 is 2.67 bits per heavy atom. The molecule has 1 aromatic carbocycles. The van der Waals surface area contributed by atoms with Gasteiger partial charge in [0, 0.05) is 43.3 Å². The third kappa shape index (κ3) is 4.94. The molecule has 3 heterocycles. The first-order valence-corrected chi connectivity index (χ1v) is 10.5. The predicted molar refractivity (Wildman–Crippen MR) is 115 cm³/mol. The lowest BCUT2D eigenvalue weighted by molar-refractivity contribution is 0.0507. The van der Waals surface area contributed by atoms with E-state index in [0.29, 0.717) is 25.2 Å². The van der Waals surface area contributed by atoms with Gasteiger partial charge in [0.2, 0.25) is 0 Å². The summed E-state index contributed by atoms with van der Waals surface area (Å²) in [6.45, 7) is 6.65. The average molecular weight is 405 g/mol. The van der Waals surface area contributed by atoms with Gasteiger partial charge in [-0.3, -0.25) is 14.5 Å². The van der Waals surface area contributed by atoms with Crippen molar-refractivity contribution in [1.82, 2.24) is 19.7 Å². The van der Waals surface area contributed by atoms with Crippen LogP contribution in [0.3, 0.4) is 0 Å². The summed E-state index contributed by atoms with van der Waals surface area (Å²) in [5.41, 5.74) is 4.97. The molecule has 6 nitrogen and oxygen atoms in total. The number of amides is 1. The largest absolute Gasteiger partial charge is 0.376 e. The van der Waals surface area contributed by atoms with Crippen LogP contribution in [0, 0.1) is 13.8 Å². The van der Waals surface area contributed by atoms with Crippen molar-refractivity contribution in [2.75, 3.05) is 13.2 Å². The van der Waals surface area contributed by atoms with Gasteiger partial charge in [-0.15, -0.1) is 0 Å². The minimum absolute atomic E-state index is 0.0204. The first kappa shape index (κ1) is 20.3. The molecule has 0 saturated carbocycles. The Kier molecular flexibility index (Phi) is 6.23. The number of hydrogen-bond donors (Lipinski definition) is 0. The summed E-state index contributed by atoms with van der Waals surface area (Å²) in [7, 11) is 0. The van der Waals surface area contributed by atoms with Crippen LogP contribution in [0.25, 0.3) is 0 Å². The van der Waals surface area contributed by atoms with E-state index in [9.17, 15) is 4.79 Å². The van der Waals surface area contributed by atoms with Gasteiger partial charge in [-0.1, -0.05) is 18.2 Å². The van der Waals surface area contributed by atoms with Gasteiger partial charge >= 0.3 is 0 Å². The number of aromatic nitrogens is 3. The van der Waals surface area contributed by atoms with Crippen LogP contribution in [0.15, 0.2) is 54.9 Å². The van der Waals surface area contributed by atoms with Gasteiger partial charge in [-0.05, 0) is 62.1 Å². The number of benzene rings is 1. The predicted octanol–water partition coefficient (Wildman–Crippen LogP) is 3.76. The zero-order chi connectivity index (χ0) is 20.9. The molecule has 156 valence electrons. The molecular weight excluding hydrogens is 376 g/mol. The first-order chi connectivity index (χ1) is 14.6. The van der Waals surface area contributed by atoms with E-state index >= 15 is 0 Å². The summed E-state index contributed by atoms with van der Waals surface area (Å²) in [6.07, 6.45) is 5.72. The van der Waals surface area contributed by atoms with Crippen LogP contribution < -0.4 is 0 Å². The zero-order valence-electron chi connectivity index (χ0n) is 17.6. The fraction of sp³-hybridized carbons (Fsp3) is 0.375. The molecule has 1 amide bonds. The van der Waals surface area contributed by atoms with E-state index in [0.717, 1.165) is 42.0 Å². The van der Waals surface area contributed by atoms with E-state index in [4.69, 9.17) is 4.74 Å². The van der Waals surface area contributed by atoms with E-state index in [1.54, 1.807) is 6.20 Å². The van der Waals surface area contributed by atoms with Crippen molar-refractivity contribution >= 4 is 5.91 Å². The molecule has 1 fully saturated rings. The summed E-state index contributed by atoms with van der Waals surface area (Å²) in [6, 6.07) is 13.8. The number of carbonyl (C=O) groups is 1. The minimum Gasteiger partial charge on any atom is -0.376 e. The summed E-state index contributed by atoms with van der Waals surface area (Å²) < 4.78 is 7.77. The first-order valence-electron chi connectivity index (χ1n) is 10.5. The van der Waals surface area contributed by atoms with Crippen LogP contribution in [0.4, 0.5) is 0 Å². The standard InChI is InChI=1S/C24H28N4O2/c1-18-13-19(2)28(26-18)16-20-7-9-22(10-8-20)24(29)27(17-23-6-4-12-30-23)15-21-5-3-11-25-14-21/h3,5,7-11,13-14,23H,4,6,12,15-17H2,1-2H3. The van der Waals surface area contributed by atoms with E-state index in [1.807, 2.05) is 59.1 Å². The second-order valence-corrected chi connectivity index (χ2v) is 7.96. The highest BCUT2D eigenvalue weighted by Crippen LogP contribution is 2.18. The normalized spacial score (nSPS) is 16.0. The molecule has 1 saturated heterocycles. The molecule has 1 aliphatic heterocycles. The van der Waals surface area contributed by atoms with Crippen molar-refractivity contribution in [3.8, 4) is 0 Å². The zero-order valence-corrected chi connectivity index (χ0v) is 17.6. The minimum atomic E-state index is 0.0204. The summed E-state index contributed by atoms with van der Waals surface area (Å²) in [5, 5.41) is 4.52. The Hall–Kier alpha value is -2.99. The third-order valence-electron chi connectivity index (χ3n) is 5.47. The maximum atomic E-state index is 13.3. The van der Waals surface area contributed by atoms with Gasteiger partial charge in [-0.2, -0.15) is 5.10 Å². The van der Waals surface area contributed by atoms with Crippen LogP contribution in [-0.2, 0) is 17.8 Å². The van der Waals surface area contributed by atoms with Crippen LogP contribution in [0.5, 0.6) is 0 Å². The molecule has 0 radical (unpaired) electrons. The van der Waals surface area contributed by atoms with E-state index in [-0.39, 0.29) is 12.0 Å². The maximum Gasteiger partial charge on any atom is 0.254 e. The molecule has 1 unspecified atom stereocenters. The molecule has 30 heavy (non-hydrogen) atoms. The SMILES string of the molecule is Cc1cc(C)n(Cc2ccc(C(=O)N(Cc3cccnc3)CC3CCCO3)cc2)n1. The monoisotopic (exact) mass is 404 g/mol. The highest BCUT2D eigenvalue weighted by atomic mass is 16.5. The fourth-order valence-corrected chi connectivity index (χ4v) is 3.91. The number of carbonyl (C=O) groups excluding carboxylic acids is 1. The third-order valence-corrected chi connectivity index (χ3v) is 5.47. The van der Waals surface area contributed by atoms with Gasteiger partial charge in [0.15, 0.2) is 0 Å². The number of aryl methyl sites for hydroxylation is 2. The van der Waals surface area contributed by atoms with Crippen molar-refractivity contribution in [3.63, 3.8) is 0 Å². The molecule has 0 aliphatic carbocycles. The van der Waals surface area contributed by atoms with Gasteiger partial charge in [0.25, 0.3) is 5.91 Å². The molecule has 3 aromatic rings. The van der Waals surface area contributed by atoms with Crippen LogP contribution >= 0.6 is 0 Å². The van der Waals surface area contributed by atoms with Crippen LogP contribution in [-0.4, -0.2) is 44.8 Å². The lowest BCUT2D eigenvalue weighted by Crippen LogP contribution is -2.37. The van der Waals surface area contributed by atoms with Crippen molar-refractivity contribution in [2.45, 2.75) is 45.9 Å². The highest BCUT2D eigenvalue weighted by Gasteiger charge is 2.23. The maximum absolute atomic E-state index is 13.3. The number of pyridine rings is 1. The molecule has 0 N–H and O–H groups in total. The van der Waals surface area contributed by atoms with Gasteiger partial charge in [-0.25, -0.2) is 0 Å². The molecule has 0 spiro atoms. The Labute approximate surface area is 177 Å². The van der Waals surface area contributed by atoms with Crippen LogP contribution in [0.2, 0.25) is 0 Å². The number of ether oxygens (including phenoxy) is 1. The lowest BCUT2D eigenvalue weighted by atomic mass is 10.1. The average Bonchev–Trinajstić information content (AvgIpc) is 3.37. The Morgan fingerprint density at radius 2 is 2.03 bits per heavy atom. The van der Waals surface area contributed by atoms with Gasteiger partial charge < -0.3 is 9.64 Å². The summed E-state index contributed by atoms with van der Waals surface area (Å²) >= 11 is 0. The van der Waals surface area contributed by atoms with Crippen molar-refractivity contribution in [2.24, 2.45) is 0 Å². The van der Waals surface area contributed by atoms with E-state index in [1.165, 1.54) is 0 Å². The summed E-state index contributed by atoms with van der Waals surface area (Å²) in [4.78, 5) is 19.4. The molecule has 4 rings (SSSR count). The van der Waals surface area contributed by atoms with Crippen molar-refractivity contribution < 1.29 is 9.53 Å². The Morgan fingerprint density at radius 1 is 1.20 bits per heavy atom. The second kappa shape index (κ2) is 9.22. The molecular formula is C24H28N4O2. The Bertz CT molecular complexity index is 976. The molecule has 6 heteroatoms. The molecule has 1 atom stereocenters. The fourth-order valence-electron chi connectivity index (χ4n) is 3.91. The quantitative estimate of drug-likeness (QED) is 0.602. The number of rotatable bonds is 7. The Balaban J connectivity index is 1.49. The van der Waals surface area contributed by atoms with E-state index < -0.39 is 0 Å². The molecule has 0 bridgehead atoms. The van der Waals surface area contributed by atoms with Crippen molar-refractivity contribution in [3.05, 3.63) is 82.9 Å². The topological polar surface area (TPSA) is 60.2 Å². The second-order valence-electron chi connectivity index (χ2n) is 7.96. The molecule has 1 aliphatic rings. The molecule has 2 aromatic heterocycles. The lowest BCUT2D eigenvalue weighted by Gasteiger charge is -2.25.